The second kappa shape index (κ2) is 12.8. The van der Waals surface area contributed by atoms with E-state index in [9.17, 15) is 14.7 Å². The largest absolute Gasteiger partial charge is 0.388 e. The first kappa shape index (κ1) is 29.2. The SMILES string of the molecule is Cc1cn([C@@H]2O[C@@]3(COCc4ccccc4)[C@H](O)[C@H](NOCc4ccccc4)C2[C@@H]3OCc2ccccc2)c(=O)[nH]c1=O. The van der Waals surface area contributed by atoms with E-state index in [0.29, 0.717) is 12.2 Å². The van der Waals surface area contributed by atoms with Crippen molar-refractivity contribution in [3.63, 3.8) is 0 Å². The van der Waals surface area contributed by atoms with E-state index >= 15 is 0 Å². The van der Waals surface area contributed by atoms with E-state index in [2.05, 4.69) is 10.5 Å². The van der Waals surface area contributed by atoms with E-state index in [1.165, 1.54) is 10.8 Å². The van der Waals surface area contributed by atoms with Crippen molar-refractivity contribution in [1.82, 2.24) is 15.0 Å². The van der Waals surface area contributed by atoms with Crippen molar-refractivity contribution in [2.75, 3.05) is 6.61 Å². The van der Waals surface area contributed by atoms with Gasteiger partial charge in [-0.05, 0) is 23.6 Å². The molecule has 1 aliphatic carbocycles. The molecule has 0 amide bonds. The van der Waals surface area contributed by atoms with Gasteiger partial charge < -0.3 is 19.3 Å². The van der Waals surface area contributed by atoms with Crippen LogP contribution in [0.5, 0.6) is 0 Å². The molecule has 1 saturated heterocycles. The van der Waals surface area contributed by atoms with Crippen molar-refractivity contribution in [1.29, 1.82) is 0 Å². The number of aromatic amines is 1. The summed E-state index contributed by atoms with van der Waals surface area (Å²) in [6, 6.07) is 28.4. The van der Waals surface area contributed by atoms with Gasteiger partial charge in [0, 0.05) is 11.8 Å². The normalized spacial score (nSPS) is 26.1. The fourth-order valence-corrected chi connectivity index (χ4v) is 6.04. The lowest BCUT2D eigenvalue weighted by molar-refractivity contribution is -0.221. The number of nitrogens with zero attached hydrogens (tertiary/aromatic N) is 1. The zero-order valence-electron chi connectivity index (χ0n) is 23.8. The maximum Gasteiger partial charge on any atom is 0.330 e. The molecule has 10 heteroatoms. The Bertz CT molecular complexity index is 1610. The first-order valence-electron chi connectivity index (χ1n) is 14.3. The molecule has 0 radical (unpaired) electrons. The molecular weight excluding hydrogens is 550 g/mol. The Morgan fingerprint density at radius 1 is 0.884 bits per heavy atom. The van der Waals surface area contributed by atoms with Gasteiger partial charge in [0.2, 0.25) is 0 Å². The predicted molar refractivity (Wildman–Crippen MR) is 158 cm³/mol. The lowest BCUT2D eigenvalue weighted by Crippen LogP contribution is -2.58. The van der Waals surface area contributed by atoms with E-state index < -0.39 is 47.2 Å². The van der Waals surface area contributed by atoms with Gasteiger partial charge in [0.1, 0.15) is 24.0 Å². The summed E-state index contributed by atoms with van der Waals surface area (Å²) in [4.78, 5) is 33.5. The topological polar surface area (TPSA) is 124 Å². The summed E-state index contributed by atoms with van der Waals surface area (Å²) in [5, 5.41) is 11.9. The van der Waals surface area contributed by atoms with Crippen LogP contribution in [-0.2, 0) is 38.9 Å². The lowest BCUT2D eigenvalue weighted by atomic mass is 9.98. The molecule has 2 bridgehead atoms. The minimum absolute atomic E-state index is 0.0104. The summed E-state index contributed by atoms with van der Waals surface area (Å²) < 4.78 is 20.7. The maximum atomic E-state index is 13.1. The molecule has 2 heterocycles. The van der Waals surface area contributed by atoms with Crippen LogP contribution in [-0.4, -0.2) is 45.1 Å². The molecule has 2 fully saturated rings. The van der Waals surface area contributed by atoms with Crippen LogP contribution < -0.4 is 16.7 Å². The summed E-state index contributed by atoms with van der Waals surface area (Å²) in [5.74, 6) is -0.585. The van der Waals surface area contributed by atoms with Gasteiger partial charge in [0.05, 0.1) is 38.4 Å². The van der Waals surface area contributed by atoms with Crippen molar-refractivity contribution in [2.45, 2.75) is 56.8 Å². The number of hydrogen-bond donors (Lipinski definition) is 3. The predicted octanol–water partition coefficient (Wildman–Crippen LogP) is 3.00. The summed E-state index contributed by atoms with van der Waals surface area (Å²) in [5.41, 5.74) is 3.84. The zero-order valence-corrected chi connectivity index (χ0v) is 23.8. The molecule has 2 aliphatic rings. The maximum absolute atomic E-state index is 13.1. The Morgan fingerprint density at radius 3 is 2.09 bits per heavy atom. The van der Waals surface area contributed by atoms with Crippen LogP contribution in [0.4, 0.5) is 0 Å². The van der Waals surface area contributed by atoms with Crippen LogP contribution in [0.3, 0.4) is 0 Å². The second-order valence-corrected chi connectivity index (χ2v) is 11.1. The Labute approximate surface area is 248 Å². The number of benzene rings is 3. The van der Waals surface area contributed by atoms with E-state index in [-0.39, 0.29) is 19.8 Å². The number of ether oxygens (including phenoxy) is 3. The Kier molecular flexibility index (Phi) is 8.66. The standard InChI is InChI=1S/C33H35N3O7/c1-22-17-36(32(39)34-30(22)38)31-26-27(35-42-20-25-15-9-4-10-16-25)28(37)33(43-31,21-40-18-23-11-5-2-6-12-23)29(26)41-19-24-13-7-3-8-14-24/h2-17,26-29,31,35,37H,18-21H2,1H3,(H,34,38,39)/t26?,27-,28-,29+,31-,33+/m1/s1. The molecule has 6 atom stereocenters. The van der Waals surface area contributed by atoms with Gasteiger partial charge in [-0.3, -0.25) is 19.2 Å². The summed E-state index contributed by atoms with van der Waals surface area (Å²) in [6.45, 7) is 2.41. The first-order chi connectivity index (χ1) is 21.0. The number of aromatic nitrogens is 2. The smallest absolute Gasteiger partial charge is 0.330 e. The van der Waals surface area contributed by atoms with Crippen molar-refractivity contribution in [2.24, 2.45) is 5.92 Å². The van der Waals surface area contributed by atoms with E-state index in [0.717, 1.165) is 16.7 Å². The average Bonchev–Trinajstić information content (AvgIpc) is 3.46. The van der Waals surface area contributed by atoms with Crippen molar-refractivity contribution >= 4 is 0 Å². The molecule has 4 aromatic rings. The molecule has 1 aliphatic heterocycles. The minimum atomic E-state index is -1.35. The first-order valence-corrected chi connectivity index (χ1v) is 14.3. The highest BCUT2D eigenvalue weighted by atomic mass is 16.7. The fraction of sp³-hybridized carbons (Fsp3) is 0.333. The van der Waals surface area contributed by atoms with E-state index in [1.54, 1.807) is 6.92 Å². The molecule has 10 nitrogen and oxygen atoms in total. The van der Waals surface area contributed by atoms with E-state index in [1.807, 2.05) is 91.0 Å². The number of aliphatic hydroxyl groups is 1. The molecule has 0 spiro atoms. The third-order valence-corrected chi connectivity index (χ3v) is 8.19. The van der Waals surface area contributed by atoms with Crippen LogP contribution in [0, 0.1) is 12.8 Å². The van der Waals surface area contributed by atoms with Crippen LogP contribution in [0.25, 0.3) is 0 Å². The Morgan fingerprint density at radius 2 is 1.47 bits per heavy atom. The van der Waals surface area contributed by atoms with Gasteiger partial charge >= 0.3 is 5.69 Å². The number of hydroxylamine groups is 1. The Balaban J connectivity index is 1.34. The summed E-state index contributed by atoms with van der Waals surface area (Å²) in [7, 11) is 0. The number of rotatable bonds is 12. The van der Waals surface area contributed by atoms with Crippen LogP contribution in [0.1, 0.15) is 28.5 Å². The van der Waals surface area contributed by atoms with Crippen molar-refractivity contribution in [3.8, 4) is 0 Å². The third kappa shape index (κ3) is 5.98. The highest BCUT2D eigenvalue weighted by Crippen LogP contribution is 2.54. The highest BCUT2D eigenvalue weighted by Gasteiger charge is 2.71. The molecule has 1 unspecified atom stereocenters. The average molecular weight is 586 g/mol. The monoisotopic (exact) mass is 585 g/mol. The number of fused-ring (bicyclic) bond motifs is 2. The van der Waals surface area contributed by atoms with Crippen molar-refractivity contribution in [3.05, 3.63) is 140 Å². The zero-order chi connectivity index (χ0) is 29.8. The molecule has 3 aromatic carbocycles. The number of nitrogens with one attached hydrogen (secondary N) is 2. The molecular formula is C33H35N3O7. The van der Waals surface area contributed by atoms with Crippen molar-refractivity contribution < 1.29 is 24.2 Å². The number of hydrogen-bond acceptors (Lipinski definition) is 8. The van der Waals surface area contributed by atoms with Gasteiger partial charge in [0.25, 0.3) is 5.56 Å². The molecule has 1 saturated carbocycles. The summed E-state index contributed by atoms with van der Waals surface area (Å²) in [6.07, 6.45) is -1.21. The molecule has 6 rings (SSSR count). The minimum Gasteiger partial charge on any atom is -0.388 e. The Hall–Kier alpha value is -3.90. The van der Waals surface area contributed by atoms with Gasteiger partial charge in [-0.2, -0.15) is 5.48 Å². The van der Waals surface area contributed by atoms with Gasteiger partial charge in [-0.25, -0.2) is 4.79 Å². The van der Waals surface area contributed by atoms with E-state index in [4.69, 9.17) is 19.0 Å². The van der Waals surface area contributed by atoms with Gasteiger partial charge in [-0.15, -0.1) is 0 Å². The second-order valence-electron chi connectivity index (χ2n) is 11.1. The van der Waals surface area contributed by atoms with Crippen LogP contribution in [0.2, 0.25) is 0 Å². The lowest BCUT2D eigenvalue weighted by Gasteiger charge is -2.39. The number of aryl methyl sites for hydroxylation is 1. The summed E-state index contributed by atoms with van der Waals surface area (Å²) >= 11 is 0. The number of aliphatic hydroxyl groups excluding tert-OH is 1. The van der Waals surface area contributed by atoms with Gasteiger partial charge in [-0.1, -0.05) is 91.0 Å². The fourth-order valence-electron chi connectivity index (χ4n) is 6.04. The molecule has 1 aromatic heterocycles. The van der Waals surface area contributed by atoms with Gasteiger partial charge in [0.15, 0.2) is 0 Å². The molecule has 43 heavy (non-hydrogen) atoms. The highest BCUT2D eigenvalue weighted by molar-refractivity contribution is 5.21. The third-order valence-electron chi connectivity index (χ3n) is 8.19. The molecule has 224 valence electrons. The van der Waals surface area contributed by atoms with Crippen LogP contribution in [0.15, 0.2) is 107 Å². The number of H-pyrrole nitrogens is 1. The molecule has 3 N–H and O–H groups in total. The quantitative estimate of drug-likeness (QED) is 0.217. The van der Waals surface area contributed by atoms with Crippen LogP contribution >= 0.6 is 0 Å².